The van der Waals surface area contributed by atoms with Gasteiger partial charge in [-0.2, -0.15) is 0 Å². The quantitative estimate of drug-likeness (QED) is 0.158. The van der Waals surface area contributed by atoms with Crippen molar-refractivity contribution in [1.29, 1.82) is 0 Å². The molecule has 0 fully saturated rings. The van der Waals surface area contributed by atoms with Gasteiger partial charge in [-0.15, -0.1) is 11.3 Å². The number of benzene rings is 9. The molecule has 1 heterocycles. The first kappa shape index (κ1) is 32.8. The maximum Gasteiger partial charge on any atom is 0.123 e. The second-order valence-corrected chi connectivity index (χ2v) is 14.9. The summed E-state index contributed by atoms with van der Waals surface area (Å²) in [5.41, 5.74) is 12.1. The summed E-state index contributed by atoms with van der Waals surface area (Å²) in [6.07, 6.45) is 0. The fraction of sp³-hybridized carbons (Fsp3) is 0. The van der Waals surface area contributed by atoms with Crippen LogP contribution in [0, 0.1) is 5.82 Å². The largest absolute Gasteiger partial charge is 0.309 e. The number of nitrogens with zero attached hydrogens (tertiary/aromatic N) is 1. The molecule has 0 aliphatic carbocycles. The van der Waals surface area contributed by atoms with Crippen molar-refractivity contribution in [1.82, 2.24) is 0 Å². The van der Waals surface area contributed by atoms with Crippen molar-refractivity contribution in [3.05, 3.63) is 212 Å². The fourth-order valence-electron chi connectivity index (χ4n) is 8.00. The first-order chi connectivity index (χ1) is 27.2. The molecule has 0 bridgehead atoms. The van der Waals surface area contributed by atoms with Crippen LogP contribution in [0.4, 0.5) is 21.5 Å². The first-order valence-electron chi connectivity index (χ1n) is 18.5. The van der Waals surface area contributed by atoms with Crippen LogP contribution in [-0.2, 0) is 0 Å². The summed E-state index contributed by atoms with van der Waals surface area (Å²) in [5.74, 6) is -0.243. The average Bonchev–Trinajstić information content (AvgIpc) is 3.63. The smallest absolute Gasteiger partial charge is 0.123 e. The van der Waals surface area contributed by atoms with E-state index in [0.717, 1.165) is 66.8 Å². The molecule has 0 aliphatic rings. The van der Waals surface area contributed by atoms with Gasteiger partial charge in [0.2, 0.25) is 0 Å². The number of rotatable bonds is 7. The molecule has 3 heteroatoms. The summed E-state index contributed by atoms with van der Waals surface area (Å²) in [7, 11) is 0. The molecule has 0 aliphatic heterocycles. The molecular weight excluding hydrogens is 690 g/mol. The highest BCUT2D eigenvalue weighted by atomic mass is 32.1. The lowest BCUT2D eigenvalue weighted by atomic mass is 9.90. The Morgan fingerprint density at radius 2 is 0.964 bits per heavy atom. The molecule has 10 rings (SSSR count). The van der Waals surface area contributed by atoms with Crippen molar-refractivity contribution in [3.8, 4) is 44.5 Å². The fourth-order valence-corrected chi connectivity index (χ4v) is 9.09. The Labute approximate surface area is 323 Å². The van der Waals surface area contributed by atoms with Crippen LogP contribution in [0.1, 0.15) is 0 Å². The lowest BCUT2D eigenvalue weighted by molar-refractivity contribution is 0.628. The van der Waals surface area contributed by atoms with E-state index >= 15 is 0 Å². The minimum absolute atomic E-state index is 0.243. The van der Waals surface area contributed by atoms with Crippen molar-refractivity contribution in [2.24, 2.45) is 0 Å². The van der Waals surface area contributed by atoms with E-state index in [9.17, 15) is 4.39 Å². The lowest BCUT2D eigenvalue weighted by Gasteiger charge is -2.30. The zero-order chi connectivity index (χ0) is 36.7. The number of anilines is 3. The van der Waals surface area contributed by atoms with Crippen molar-refractivity contribution < 1.29 is 4.39 Å². The number of fused-ring (bicyclic) bond motifs is 4. The van der Waals surface area contributed by atoms with E-state index in [1.807, 2.05) is 23.5 Å². The number of thiophene rings is 1. The second kappa shape index (κ2) is 13.9. The van der Waals surface area contributed by atoms with Gasteiger partial charge in [-0.3, -0.25) is 0 Å². The molecule has 0 radical (unpaired) electrons. The first-order valence-corrected chi connectivity index (χ1v) is 19.3. The SMILES string of the molecule is Fc1ccc(-c2cccc3cccc(-c4ccccc4N(c4cccc(-c5ccccc5)c4)c4ccccc4-c4ccc5sc6ccccc6c5c4)c23)cc1. The van der Waals surface area contributed by atoms with Crippen LogP contribution < -0.4 is 4.90 Å². The van der Waals surface area contributed by atoms with Crippen molar-refractivity contribution in [2.75, 3.05) is 4.90 Å². The van der Waals surface area contributed by atoms with Gasteiger partial charge in [-0.1, -0.05) is 152 Å². The van der Waals surface area contributed by atoms with Gasteiger partial charge in [-0.25, -0.2) is 4.39 Å². The molecule has 10 aromatic rings. The van der Waals surface area contributed by atoms with E-state index in [0.29, 0.717) is 0 Å². The number of para-hydroxylation sites is 2. The summed E-state index contributed by atoms with van der Waals surface area (Å²) in [6.45, 7) is 0. The average molecular weight is 724 g/mol. The Balaban J connectivity index is 1.23. The Morgan fingerprint density at radius 1 is 0.364 bits per heavy atom. The van der Waals surface area contributed by atoms with Crippen LogP contribution in [-0.4, -0.2) is 0 Å². The normalized spacial score (nSPS) is 11.4. The maximum atomic E-state index is 14.1. The van der Waals surface area contributed by atoms with Gasteiger partial charge >= 0.3 is 0 Å². The third-order valence-corrected chi connectivity index (χ3v) is 11.7. The molecule has 0 unspecified atom stereocenters. The summed E-state index contributed by atoms with van der Waals surface area (Å²) in [4.78, 5) is 2.42. The van der Waals surface area contributed by atoms with E-state index in [1.54, 1.807) is 12.1 Å². The molecule has 0 saturated carbocycles. The van der Waals surface area contributed by atoms with Gasteiger partial charge in [0.05, 0.1) is 11.4 Å². The Hall–Kier alpha value is -6.81. The van der Waals surface area contributed by atoms with Crippen LogP contribution in [0.15, 0.2) is 206 Å². The molecular formula is C52H34FNS. The van der Waals surface area contributed by atoms with Gasteiger partial charge in [-0.05, 0) is 98.8 Å². The molecule has 0 spiro atoms. The maximum absolute atomic E-state index is 14.1. The van der Waals surface area contributed by atoms with Crippen LogP contribution in [0.3, 0.4) is 0 Å². The van der Waals surface area contributed by atoms with E-state index in [1.165, 1.54) is 25.7 Å². The molecule has 0 amide bonds. The Bertz CT molecular complexity index is 2990. The summed E-state index contributed by atoms with van der Waals surface area (Å²) < 4.78 is 16.7. The zero-order valence-corrected chi connectivity index (χ0v) is 30.7. The predicted molar refractivity (Wildman–Crippen MR) is 233 cm³/mol. The van der Waals surface area contributed by atoms with Gasteiger partial charge in [0.25, 0.3) is 0 Å². The predicted octanol–water partition coefficient (Wildman–Crippen LogP) is 15.5. The third-order valence-electron chi connectivity index (χ3n) is 10.5. The number of hydrogen-bond acceptors (Lipinski definition) is 2. The van der Waals surface area contributed by atoms with Crippen molar-refractivity contribution in [3.63, 3.8) is 0 Å². The van der Waals surface area contributed by atoms with E-state index in [2.05, 4.69) is 187 Å². The minimum atomic E-state index is -0.243. The second-order valence-electron chi connectivity index (χ2n) is 13.8. The number of halogens is 1. The van der Waals surface area contributed by atoms with E-state index in [4.69, 9.17) is 0 Å². The van der Waals surface area contributed by atoms with Crippen LogP contribution in [0.5, 0.6) is 0 Å². The van der Waals surface area contributed by atoms with Crippen LogP contribution in [0.25, 0.3) is 75.5 Å². The highest BCUT2D eigenvalue weighted by Gasteiger charge is 2.22. The highest BCUT2D eigenvalue weighted by molar-refractivity contribution is 7.25. The highest BCUT2D eigenvalue weighted by Crippen LogP contribution is 2.48. The molecule has 1 aromatic heterocycles. The molecule has 55 heavy (non-hydrogen) atoms. The minimum Gasteiger partial charge on any atom is -0.309 e. The van der Waals surface area contributed by atoms with Gasteiger partial charge in [0.1, 0.15) is 5.82 Å². The third kappa shape index (κ3) is 5.96. The van der Waals surface area contributed by atoms with Crippen LogP contribution in [0.2, 0.25) is 0 Å². The van der Waals surface area contributed by atoms with Gasteiger partial charge in [0.15, 0.2) is 0 Å². The monoisotopic (exact) mass is 723 g/mol. The summed E-state index contributed by atoms with van der Waals surface area (Å²) in [5, 5.41) is 4.82. The topological polar surface area (TPSA) is 3.24 Å². The van der Waals surface area contributed by atoms with Crippen molar-refractivity contribution >= 4 is 59.3 Å². The van der Waals surface area contributed by atoms with Gasteiger partial charge in [0, 0.05) is 37.0 Å². The number of hydrogen-bond donors (Lipinski definition) is 0. The Morgan fingerprint density at radius 3 is 1.78 bits per heavy atom. The van der Waals surface area contributed by atoms with E-state index < -0.39 is 0 Å². The summed E-state index contributed by atoms with van der Waals surface area (Å²) >= 11 is 1.84. The standard InChI is InChI=1S/C52H34FNS/c53-40-30-27-36(28-31-40)43-22-11-15-37-16-12-23-46(52(37)43)44-20-5-8-25-49(44)54(41-18-10-17-38(33-41)35-13-2-1-3-14-35)48-24-7-4-19-42(48)39-29-32-51-47(34-39)45-21-6-9-26-50(45)55-51/h1-34H. The van der Waals surface area contributed by atoms with Crippen molar-refractivity contribution in [2.45, 2.75) is 0 Å². The molecule has 0 atom stereocenters. The molecule has 0 N–H and O–H groups in total. The molecule has 0 saturated heterocycles. The zero-order valence-electron chi connectivity index (χ0n) is 29.9. The molecule has 1 nitrogen and oxygen atoms in total. The molecule has 260 valence electrons. The Kier molecular flexibility index (Phi) is 8.28. The van der Waals surface area contributed by atoms with Gasteiger partial charge < -0.3 is 4.90 Å². The van der Waals surface area contributed by atoms with E-state index in [-0.39, 0.29) is 5.82 Å². The lowest BCUT2D eigenvalue weighted by Crippen LogP contribution is -2.12. The molecule has 9 aromatic carbocycles. The van der Waals surface area contributed by atoms with Crippen LogP contribution >= 0.6 is 11.3 Å². The summed E-state index contributed by atoms with van der Waals surface area (Å²) in [6, 6.07) is 72.2.